The summed E-state index contributed by atoms with van der Waals surface area (Å²) in [5.74, 6) is -0.658. The number of ether oxygens (including phenoxy) is 1. The molecule has 1 saturated heterocycles. The highest BCUT2D eigenvalue weighted by Gasteiger charge is 2.49. The first-order valence-corrected chi connectivity index (χ1v) is 13.6. The minimum atomic E-state index is -1.05. The summed E-state index contributed by atoms with van der Waals surface area (Å²) in [5.41, 5.74) is 11.9. The first-order chi connectivity index (χ1) is 18.6. The number of rotatable bonds is 8. The molecule has 0 radical (unpaired) electrons. The van der Waals surface area contributed by atoms with Crippen LogP contribution in [0.5, 0.6) is 5.88 Å². The zero-order chi connectivity index (χ0) is 28.2. The van der Waals surface area contributed by atoms with E-state index in [4.69, 9.17) is 21.3 Å². The van der Waals surface area contributed by atoms with Crippen LogP contribution in [0.3, 0.4) is 0 Å². The Balaban J connectivity index is 1.69. The summed E-state index contributed by atoms with van der Waals surface area (Å²) in [6, 6.07) is 1.79. The number of carboxylic acid groups (broad SMARTS) is 1. The monoisotopic (exact) mass is 538 g/mol. The van der Waals surface area contributed by atoms with Gasteiger partial charge in [-0.15, -0.1) is 0 Å². The number of aliphatic imine (C=N–C) groups is 1. The molecule has 0 unspecified atom stereocenters. The van der Waals surface area contributed by atoms with E-state index in [0.29, 0.717) is 37.7 Å². The van der Waals surface area contributed by atoms with Gasteiger partial charge >= 0.3 is 5.97 Å². The topological polar surface area (TPSA) is 174 Å². The molecule has 3 atom stereocenters. The van der Waals surface area contributed by atoms with Gasteiger partial charge < -0.3 is 21.3 Å². The highest BCUT2D eigenvalue weighted by atomic mass is 16.5. The molecule has 2 aliphatic carbocycles. The summed E-state index contributed by atoms with van der Waals surface area (Å²) in [7, 11) is 2.06. The van der Waals surface area contributed by atoms with Crippen LogP contribution in [0.1, 0.15) is 77.0 Å². The predicted octanol–water partition coefficient (Wildman–Crippen LogP) is 2.91. The summed E-state index contributed by atoms with van der Waals surface area (Å²) in [6.07, 6.45) is 8.67. The van der Waals surface area contributed by atoms with Gasteiger partial charge in [0.15, 0.2) is 17.4 Å². The molecule has 11 heteroatoms. The molecule has 1 spiro atoms. The molecule has 39 heavy (non-hydrogen) atoms. The van der Waals surface area contributed by atoms with E-state index in [-0.39, 0.29) is 59.0 Å². The van der Waals surface area contributed by atoms with Gasteiger partial charge in [-0.25, -0.2) is 9.98 Å². The largest absolute Gasteiger partial charge is 0.481 e. The molecule has 2 heterocycles. The number of likely N-dealkylation sites (tertiary alicyclic amines) is 1. The number of carboxylic acids is 1. The van der Waals surface area contributed by atoms with Crippen LogP contribution >= 0.6 is 0 Å². The van der Waals surface area contributed by atoms with E-state index in [2.05, 4.69) is 26.9 Å². The molecular weight excluding hydrogens is 500 g/mol. The summed E-state index contributed by atoms with van der Waals surface area (Å²) in [6.45, 7) is 2.98. The van der Waals surface area contributed by atoms with E-state index >= 15 is 0 Å². The molecule has 3 aliphatic rings. The predicted molar refractivity (Wildman–Crippen MR) is 146 cm³/mol. The Kier molecular flexibility index (Phi) is 8.79. The summed E-state index contributed by atoms with van der Waals surface area (Å²) in [5, 5.41) is 8.91. The molecule has 1 aliphatic heterocycles. The molecule has 0 aromatic carbocycles. The van der Waals surface area contributed by atoms with Gasteiger partial charge in [-0.05, 0) is 71.5 Å². The second-order valence-corrected chi connectivity index (χ2v) is 10.8. The maximum atomic E-state index is 13.7. The van der Waals surface area contributed by atoms with Gasteiger partial charge in [0.05, 0.1) is 17.5 Å². The second-order valence-electron chi connectivity index (χ2n) is 10.8. The average Bonchev–Trinajstić information content (AvgIpc) is 3.32. The number of aromatic nitrogens is 2. The molecule has 11 nitrogen and oxygen atoms in total. The standard InChI is InChI=1S/C28H38N6O5/c1-17(20-8-6-14-34(20)2)39-23-16-22(31-13-10-18(29)15-24(36)37)32-27(33-23)25(30)19-7-5-12-28(26(19)38)11-4-3-9-21(28)35/h10,13,16-17,20H,3-9,11-12,14-15,29-30H2,1-2H3,(H,36,37)/t17-,20-,28+/m0/s1. The number of hydrogen-bond acceptors (Lipinski definition) is 10. The molecule has 0 bridgehead atoms. The van der Waals surface area contributed by atoms with Crippen molar-refractivity contribution in [2.75, 3.05) is 13.6 Å². The van der Waals surface area contributed by atoms with E-state index in [9.17, 15) is 14.4 Å². The molecule has 5 N–H and O–H groups in total. The second kappa shape index (κ2) is 12.1. The van der Waals surface area contributed by atoms with Gasteiger partial charge in [0.1, 0.15) is 11.9 Å². The molecule has 1 aromatic heterocycles. The number of nitrogens with two attached hydrogens (primary N) is 2. The number of allylic oxidation sites excluding steroid dienone is 2. The van der Waals surface area contributed by atoms with E-state index in [1.54, 1.807) is 6.07 Å². The van der Waals surface area contributed by atoms with Gasteiger partial charge in [0.2, 0.25) is 5.88 Å². The molecule has 4 rings (SSSR count). The zero-order valence-corrected chi connectivity index (χ0v) is 22.7. The van der Waals surface area contributed by atoms with Crippen molar-refractivity contribution >= 4 is 35.3 Å². The molecule has 210 valence electrons. The van der Waals surface area contributed by atoms with Crippen molar-refractivity contribution in [2.24, 2.45) is 21.9 Å². The minimum Gasteiger partial charge on any atom is -0.481 e. The van der Waals surface area contributed by atoms with Crippen LogP contribution < -0.4 is 16.2 Å². The average molecular weight is 539 g/mol. The Labute approximate surface area is 228 Å². The highest BCUT2D eigenvalue weighted by molar-refractivity contribution is 6.17. The smallest absolute Gasteiger partial charge is 0.309 e. The number of nitrogens with zero attached hydrogens (tertiary/aromatic N) is 4. The van der Waals surface area contributed by atoms with Crippen molar-refractivity contribution in [3.63, 3.8) is 0 Å². The van der Waals surface area contributed by atoms with E-state index in [1.807, 2.05) is 6.92 Å². The number of Topliss-reactive ketones (excluding diaryl/α,β-unsaturated/α-hetero) is 2. The number of carbonyl (C=O) groups excluding carboxylic acids is 2. The van der Waals surface area contributed by atoms with E-state index < -0.39 is 11.4 Å². The van der Waals surface area contributed by atoms with Crippen LogP contribution in [-0.2, 0) is 14.4 Å². The first-order valence-electron chi connectivity index (χ1n) is 13.6. The van der Waals surface area contributed by atoms with Gasteiger partial charge in [-0.2, -0.15) is 4.98 Å². The molecule has 0 amide bonds. The maximum Gasteiger partial charge on any atom is 0.309 e. The van der Waals surface area contributed by atoms with Crippen molar-refractivity contribution in [1.82, 2.24) is 14.9 Å². The Morgan fingerprint density at radius 1 is 1.23 bits per heavy atom. The van der Waals surface area contributed by atoms with Crippen molar-refractivity contribution < 1.29 is 24.2 Å². The van der Waals surface area contributed by atoms with Gasteiger partial charge in [-0.3, -0.25) is 19.3 Å². The lowest BCUT2D eigenvalue weighted by Gasteiger charge is -2.38. The Hall–Kier alpha value is -3.60. The first kappa shape index (κ1) is 28.4. The van der Waals surface area contributed by atoms with Crippen LogP contribution in [0.2, 0.25) is 0 Å². The molecule has 2 saturated carbocycles. The van der Waals surface area contributed by atoms with Crippen LogP contribution in [0.15, 0.2) is 28.4 Å². The maximum absolute atomic E-state index is 13.7. The van der Waals surface area contributed by atoms with Crippen LogP contribution in [0, 0.1) is 5.41 Å². The van der Waals surface area contributed by atoms with Gasteiger partial charge in [-0.1, -0.05) is 6.42 Å². The Bertz CT molecular complexity index is 1220. The van der Waals surface area contributed by atoms with Gasteiger partial charge in [0.25, 0.3) is 0 Å². The molecular formula is C28H38N6O5. The third kappa shape index (κ3) is 6.35. The number of likely N-dealkylation sites (N-methyl/N-ethyl adjacent to an activating group) is 1. The fraction of sp³-hybridized carbons (Fsp3) is 0.571. The lowest BCUT2D eigenvalue weighted by Crippen LogP contribution is -2.45. The molecule has 1 aromatic rings. The summed E-state index contributed by atoms with van der Waals surface area (Å²) < 4.78 is 6.22. The van der Waals surface area contributed by atoms with Crippen molar-refractivity contribution in [2.45, 2.75) is 83.3 Å². The third-order valence-corrected chi connectivity index (χ3v) is 8.06. The zero-order valence-electron chi connectivity index (χ0n) is 22.7. The summed E-state index contributed by atoms with van der Waals surface area (Å²) >= 11 is 0. The Morgan fingerprint density at radius 2 is 2.00 bits per heavy atom. The fourth-order valence-corrected chi connectivity index (χ4v) is 5.97. The van der Waals surface area contributed by atoms with E-state index in [0.717, 1.165) is 32.2 Å². The van der Waals surface area contributed by atoms with Crippen LogP contribution in [0.25, 0.3) is 5.70 Å². The quantitative estimate of drug-likeness (QED) is 0.253. The number of hydrogen-bond donors (Lipinski definition) is 3. The van der Waals surface area contributed by atoms with Gasteiger partial charge in [0, 0.05) is 36.0 Å². The highest BCUT2D eigenvalue weighted by Crippen LogP contribution is 2.45. The molecule has 3 fully saturated rings. The normalized spacial score (nSPS) is 26.8. The van der Waals surface area contributed by atoms with Crippen molar-refractivity contribution in [3.8, 4) is 5.88 Å². The Morgan fingerprint density at radius 3 is 2.69 bits per heavy atom. The third-order valence-electron chi connectivity index (χ3n) is 8.06. The van der Waals surface area contributed by atoms with Crippen molar-refractivity contribution in [1.29, 1.82) is 0 Å². The lowest BCUT2D eigenvalue weighted by molar-refractivity contribution is -0.143. The minimum absolute atomic E-state index is 0.00675. The van der Waals surface area contributed by atoms with Crippen LogP contribution in [0.4, 0.5) is 5.82 Å². The number of carbonyl (C=O) groups is 3. The lowest BCUT2D eigenvalue weighted by atomic mass is 9.62. The summed E-state index contributed by atoms with van der Waals surface area (Å²) in [4.78, 5) is 53.0. The number of ketones is 2. The van der Waals surface area contributed by atoms with E-state index in [1.165, 1.54) is 12.3 Å². The van der Waals surface area contributed by atoms with Crippen LogP contribution in [-0.4, -0.2) is 69.5 Å². The SMILES string of the molecule is C[C@H](Oc1cc(N=CC=C(N)CC(=O)O)nc(C(N)=C2CCC[C@@]3(CCCCC3=O)C2=O)n1)[C@@H]1CCCN1C. The fourth-order valence-electron chi connectivity index (χ4n) is 5.97. The van der Waals surface area contributed by atoms with Crippen molar-refractivity contribution in [3.05, 3.63) is 29.2 Å². The number of aliphatic carboxylic acids is 1.